The van der Waals surface area contributed by atoms with Crippen molar-refractivity contribution in [3.63, 3.8) is 0 Å². The van der Waals surface area contributed by atoms with Crippen molar-refractivity contribution in [2.45, 2.75) is 13.8 Å². The number of benzene rings is 2. The lowest BCUT2D eigenvalue weighted by Gasteiger charge is -2.09. The Morgan fingerprint density at radius 3 is 2.55 bits per heavy atom. The Bertz CT molecular complexity index is 1120. The molecule has 3 aromatic rings. The predicted octanol–water partition coefficient (Wildman–Crippen LogP) is 3.41. The number of carbonyl (C=O) groups excluding carboxylic acids is 2. The zero-order chi connectivity index (χ0) is 21.0. The summed E-state index contributed by atoms with van der Waals surface area (Å²) >= 11 is 0. The number of fused-ring (bicyclic) bond motifs is 1. The fraction of sp³-hybridized carbons (Fsp3) is 0.227. The van der Waals surface area contributed by atoms with Crippen LogP contribution < -0.4 is 20.4 Å². The normalized spacial score (nSPS) is 10.8. The van der Waals surface area contributed by atoms with Gasteiger partial charge in [-0.3, -0.25) is 4.79 Å². The van der Waals surface area contributed by atoms with Crippen LogP contribution in [0.15, 0.2) is 57.7 Å². The van der Waals surface area contributed by atoms with Gasteiger partial charge in [-0.15, -0.1) is 0 Å². The van der Waals surface area contributed by atoms with Crippen LogP contribution in [0.2, 0.25) is 0 Å². The molecular weight excluding hydrogens is 374 g/mol. The molecule has 0 atom stereocenters. The third kappa shape index (κ3) is 4.63. The molecule has 1 heterocycles. The lowest BCUT2D eigenvalue weighted by molar-refractivity contribution is 0.0731. The van der Waals surface area contributed by atoms with E-state index in [-0.39, 0.29) is 28.4 Å². The van der Waals surface area contributed by atoms with Crippen LogP contribution in [0, 0.1) is 5.92 Å². The van der Waals surface area contributed by atoms with E-state index in [1.54, 1.807) is 36.4 Å². The highest BCUT2D eigenvalue weighted by atomic mass is 16.5. The highest BCUT2D eigenvalue weighted by Crippen LogP contribution is 2.24. The molecule has 7 heteroatoms. The second kappa shape index (κ2) is 8.60. The molecule has 29 heavy (non-hydrogen) atoms. The Labute approximate surface area is 167 Å². The number of methoxy groups -OCH3 is 1. The number of nitrogens with one attached hydrogen (secondary N) is 1. The first-order valence-electron chi connectivity index (χ1n) is 9.10. The van der Waals surface area contributed by atoms with Crippen molar-refractivity contribution in [3.05, 3.63) is 70.1 Å². The maximum absolute atomic E-state index is 12.4. The van der Waals surface area contributed by atoms with E-state index >= 15 is 0 Å². The Morgan fingerprint density at radius 1 is 1.07 bits per heavy atom. The maximum Gasteiger partial charge on any atom is 0.349 e. The molecule has 1 amide bonds. The second-order valence-corrected chi connectivity index (χ2v) is 6.84. The largest absolute Gasteiger partial charge is 0.496 e. The van der Waals surface area contributed by atoms with Crippen molar-refractivity contribution in [1.29, 1.82) is 0 Å². The van der Waals surface area contributed by atoms with Gasteiger partial charge in [0.1, 0.15) is 28.2 Å². The molecule has 1 N–H and O–H groups in total. The van der Waals surface area contributed by atoms with E-state index in [2.05, 4.69) is 5.32 Å². The van der Waals surface area contributed by atoms with E-state index in [1.807, 2.05) is 13.8 Å². The van der Waals surface area contributed by atoms with Gasteiger partial charge in [0.05, 0.1) is 7.11 Å². The molecule has 7 nitrogen and oxygen atoms in total. The molecule has 1 aromatic heterocycles. The summed E-state index contributed by atoms with van der Waals surface area (Å²) in [5, 5.41) is 3.23. The topological polar surface area (TPSA) is 94.8 Å². The van der Waals surface area contributed by atoms with E-state index in [1.165, 1.54) is 19.2 Å². The van der Waals surface area contributed by atoms with Crippen LogP contribution in [0.3, 0.4) is 0 Å². The molecule has 3 rings (SSSR count). The lowest BCUT2D eigenvalue weighted by atomic mass is 10.1. The second-order valence-electron chi connectivity index (χ2n) is 6.84. The summed E-state index contributed by atoms with van der Waals surface area (Å²) in [6, 6.07) is 12.8. The molecule has 0 radical (unpaired) electrons. The van der Waals surface area contributed by atoms with Crippen LogP contribution in [-0.4, -0.2) is 25.5 Å². The molecule has 0 aliphatic heterocycles. The average Bonchev–Trinajstić information content (AvgIpc) is 2.71. The number of carbonyl (C=O) groups is 2. The molecule has 0 unspecified atom stereocenters. The molecule has 0 aliphatic carbocycles. The predicted molar refractivity (Wildman–Crippen MR) is 108 cm³/mol. The average molecular weight is 395 g/mol. The summed E-state index contributed by atoms with van der Waals surface area (Å²) in [6.07, 6.45) is 0. The number of para-hydroxylation sites is 1. The van der Waals surface area contributed by atoms with E-state index < -0.39 is 17.5 Å². The van der Waals surface area contributed by atoms with Crippen LogP contribution in [-0.2, 0) is 0 Å². The molecule has 0 bridgehead atoms. The molecule has 150 valence electrons. The first-order valence-corrected chi connectivity index (χ1v) is 9.10. The van der Waals surface area contributed by atoms with Gasteiger partial charge in [0, 0.05) is 18.0 Å². The fourth-order valence-electron chi connectivity index (χ4n) is 2.68. The first kappa shape index (κ1) is 20.1. The summed E-state index contributed by atoms with van der Waals surface area (Å²) in [7, 11) is 1.46. The van der Waals surface area contributed by atoms with Crippen molar-refractivity contribution in [3.8, 4) is 11.5 Å². The lowest BCUT2D eigenvalue weighted by Crippen LogP contribution is -2.31. The molecular formula is C22H21NO6. The summed E-state index contributed by atoms with van der Waals surface area (Å²) in [5.41, 5.74) is -0.349. The van der Waals surface area contributed by atoms with Crippen molar-refractivity contribution >= 4 is 22.8 Å². The number of rotatable bonds is 6. The summed E-state index contributed by atoms with van der Waals surface area (Å²) in [4.78, 5) is 36.8. The van der Waals surface area contributed by atoms with Crippen LogP contribution in [0.25, 0.3) is 11.0 Å². The molecule has 0 saturated carbocycles. The first-order chi connectivity index (χ1) is 13.9. The number of hydrogen-bond donors (Lipinski definition) is 1. The van der Waals surface area contributed by atoms with E-state index in [9.17, 15) is 14.4 Å². The van der Waals surface area contributed by atoms with Gasteiger partial charge >= 0.3 is 11.6 Å². The molecule has 0 spiro atoms. The number of esters is 1. The van der Waals surface area contributed by atoms with Crippen molar-refractivity contribution in [2.75, 3.05) is 13.7 Å². The third-order valence-corrected chi connectivity index (χ3v) is 4.16. The molecule has 0 aliphatic rings. The maximum atomic E-state index is 12.4. The highest BCUT2D eigenvalue weighted by Gasteiger charge is 2.17. The standard InChI is InChI=1S/C22H21NO6/c1-13(2)12-23-20(24)17-10-14-8-9-15(11-19(14)29-22(17)26)28-21(25)16-6-4-5-7-18(16)27-3/h4-11,13H,12H2,1-3H3,(H,23,24). The van der Waals surface area contributed by atoms with Gasteiger partial charge in [0.2, 0.25) is 0 Å². The van der Waals surface area contributed by atoms with Gasteiger partial charge in [-0.05, 0) is 36.2 Å². The van der Waals surface area contributed by atoms with E-state index in [0.717, 1.165) is 0 Å². The number of hydrogen-bond acceptors (Lipinski definition) is 6. The fourth-order valence-corrected chi connectivity index (χ4v) is 2.68. The SMILES string of the molecule is COc1ccccc1C(=O)Oc1ccc2cc(C(=O)NCC(C)C)c(=O)oc2c1. The third-order valence-electron chi connectivity index (χ3n) is 4.16. The van der Waals surface area contributed by atoms with E-state index in [0.29, 0.717) is 17.7 Å². The smallest absolute Gasteiger partial charge is 0.349 e. The van der Waals surface area contributed by atoms with Gasteiger partial charge in [0.25, 0.3) is 5.91 Å². The van der Waals surface area contributed by atoms with Crippen LogP contribution in [0.5, 0.6) is 11.5 Å². The minimum atomic E-state index is -0.757. The Morgan fingerprint density at radius 2 is 1.83 bits per heavy atom. The minimum Gasteiger partial charge on any atom is -0.496 e. The zero-order valence-corrected chi connectivity index (χ0v) is 16.4. The summed E-state index contributed by atoms with van der Waals surface area (Å²) in [5.74, 6) is -0.239. The van der Waals surface area contributed by atoms with Crippen molar-refractivity contribution in [1.82, 2.24) is 5.32 Å². The quantitative estimate of drug-likeness (QED) is 0.390. The molecule has 0 saturated heterocycles. The van der Waals surface area contributed by atoms with Crippen LogP contribution in [0.1, 0.15) is 34.6 Å². The van der Waals surface area contributed by atoms with Crippen molar-refractivity contribution in [2.24, 2.45) is 5.92 Å². The molecule has 0 fully saturated rings. The number of ether oxygens (including phenoxy) is 2. The highest BCUT2D eigenvalue weighted by molar-refractivity contribution is 5.97. The Hall–Kier alpha value is -3.61. The minimum absolute atomic E-state index is 0.0723. The van der Waals surface area contributed by atoms with Gasteiger partial charge in [-0.25, -0.2) is 9.59 Å². The molecule has 2 aromatic carbocycles. The van der Waals surface area contributed by atoms with E-state index in [4.69, 9.17) is 13.9 Å². The zero-order valence-electron chi connectivity index (χ0n) is 16.4. The number of amides is 1. The Balaban J connectivity index is 1.85. The Kier molecular flexibility index (Phi) is 5.97. The van der Waals surface area contributed by atoms with Gasteiger partial charge in [-0.2, -0.15) is 0 Å². The van der Waals surface area contributed by atoms with Gasteiger partial charge in [-0.1, -0.05) is 26.0 Å². The van der Waals surface area contributed by atoms with Crippen LogP contribution in [0.4, 0.5) is 0 Å². The van der Waals surface area contributed by atoms with Crippen LogP contribution >= 0.6 is 0 Å². The van der Waals surface area contributed by atoms with Gasteiger partial charge in [0.15, 0.2) is 0 Å². The van der Waals surface area contributed by atoms with Crippen molar-refractivity contribution < 1.29 is 23.5 Å². The monoisotopic (exact) mass is 395 g/mol. The summed E-state index contributed by atoms with van der Waals surface area (Å²) < 4.78 is 15.8. The van der Waals surface area contributed by atoms with Gasteiger partial charge < -0.3 is 19.2 Å². The summed E-state index contributed by atoms with van der Waals surface area (Å²) in [6.45, 7) is 4.36.